The Kier molecular flexibility index (Phi) is 1.77. The van der Waals surface area contributed by atoms with E-state index in [0.717, 1.165) is 0 Å². The quantitative estimate of drug-likeness (QED) is 0.559. The van der Waals surface area contributed by atoms with Gasteiger partial charge in [0.05, 0.1) is 5.52 Å². The molecule has 1 N–H and O–H groups in total. The van der Waals surface area contributed by atoms with Crippen LogP contribution in [0.25, 0.3) is 11.1 Å². The first-order valence-electron chi connectivity index (χ1n) is 3.81. The van der Waals surface area contributed by atoms with Gasteiger partial charge in [-0.25, -0.2) is 0 Å². The van der Waals surface area contributed by atoms with Crippen LogP contribution in [0.3, 0.4) is 0 Å². The van der Waals surface area contributed by atoms with E-state index in [9.17, 15) is 4.79 Å². The minimum atomic E-state index is -0.00218. The average Bonchev–Trinajstić information content (AvgIpc) is 2.43. The maximum absolute atomic E-state index is 11.2. The second kappa shape index (κ2) is 2.81. The molecule has 0 aliphatic carbocycles. The van der Waals surface area contributed by atoms with Gasteiger partial charge in [-0.15, -0.1) is 0 Å². The van der Waals surface area contributed by atoms with E-state index in [0.29, 0.717) is 21.5 Å². The van der Waals surface area contributed by atoms with Gasteiger partial charge in [0.25, 0.3) is 4.84 Å². The van der Waals surface area contributed by atoms with Crippen molar-refractivity contribution in [2.24, 2.45) is 0 Å². The fraction of sp³-hybridized carbons (Fsp3) is 0.111. The van der Waals surface area contributed by atoms with Crippen molar-refractivity contribution in [3.8, 4) is 0 Å². The van der Waals surface area contributed by atoms with Crippen molar-refractivity contribution in [3.05, 3.63) is 28.6 Å². The summed E-state index contributed by atoms with van der Waals surface area (Å²) in [4.78, 5) is 14.3. The van der Waals surface area contributed by atoms with E-state index in [1.165, 1.54) is 6.92 Å². The van der Waals surface area contributed by atoms with Crippen LogP contribution in [-0.2, 0) is 0 Å². The van der Waals surface area contributed by atoms with E-state index < -0.39 is 0 Å². The smallest absolute Gasteiger partial charge is 0.266 e. The molecule has 2 aromatic rings. The van der Waals surface area contributed by atoms with Gasteiger partial charge in [-0.1, -0.05) is 6.07 Å². The molecule has 0 radical (unpaired) electrons. The molecule has 0 atom stereocenters. The zero-order valence-corrected chi connectivity index (χ0v) is 7.77. The van der Waals surface area contributed by atoms with Crippen LogP contribution in [0.2, 0.25) is 0 Å². The number of H-pyrrole nitrogens is 1. The Labute approximate surface area is 79.4 Å². The Morgan fingerprint density at radius 2 is 2.31 bits per heavy atom. The van der Waals surface area contributed by atoms with Gasteiger partial charge in [-0.3, -0.25) is 4.79 Å². The van der Waals surface area contributed by atoms with Crippen molar-refractivity contribution in [3.63, 3.8) is 0 Å². The standard InChI is InChI=1S/C9H7NO2S/c1-5(11)6-3-2-4-7-8(6)10-9(13)12-7/h2-4H,1H3,(H,10,13). The Morgan fingerprint density at radius 1 is 1.54 bits per heavy atom. The molecule has 0 fully saturated rings. The van der Waals surface area contributed by atoms with Crippen molar-refractivity contribution in [1.82, 2.24) is 4.98 Å². The lowest BCUT2D eigenvalue weighted by atomic mass is 10.1. The molecule has 4 heteroatoms. The number of rotatable bonds is 1. The summed E-state index contributed by atoms with van der Waals surface area (Å²) in [5.41, 5.74) is 1.91. The van der Waals surface area contributed by atoms with Gasteiger partial charge in [0.2, 0.25) is 0 Å². The first kappa shape index (κ1) is 8.19. The lowest BCUT2D eigenvalue weighted by Gasteiger charge is -1.94. The van der Waals surface area contributed by atoms with E-state index in [4.69, 9.17) is 16.6 Å². The number of ketones is 1. The SMILES string of the molecule is CC(=O)c1cccc2oc(=S)[nH]c12. The summed E-state index contributed by atoms with van der Waals surface area (Å²) in [5.74, 6) is -0.00218. The molecule has 1 heterocycles. The molecule has 0 bridgehead atoms. The fourth-order valence-electron chi connectivity index (χ4n) is 1.27. The van der Waals surface area contributed by atoms with E-state index in [1.54, 1.807) is 18.2 Å². The molecular weight excluding hydrogens is 186 g/mol. The molecule has 0 saturated heterocycles. The molecule has 0 aliphatic heterocycles. The van der Waals surface area contributed by atoms with Gasteiger partial charge in [0.15, 0.2) is 11.4 Å². The molecule has 3 nitrogen and oxygen atoms in total. The first-order chi connectivity index (χ1) is 6.18. The number of hydrogen-bond acceptors (Lipinski definition) is 3. The number of Topliss-reactive ketones (excluding diaryl/α,β-unsaturated/α-hetero) is 1. The second-order valence-corrected chi connectivity index (χ2v) is 3.12. The third-order valence-electron chi connectivity index (χ3n) is 1.84. The third kappa shape index (κ3) is 1.29. The summed E-state index contributed by atoms with van der Waals surface area (Å²) in [7, 11) is 0. The second-order valence-electron chi connectivity index (χ2n) is 2.75. The lowest BCUT2D eigenvalue weighted by Crippen LogP contribution is -1.92. The Balaban J connectivity index is 2.90. The topological polar surface area (TPSA) is 46.0 Å². The normalized spacial score (nSPS) is 10.5. The largest absolute Gasteiger partial charge is 0.429 e. The number of aromatic nitrogens is 1. The summed E-state index contributed by atoms with van der Waals surface area (Å²) >= 11 is 4.83. The highest BCUT2D eigenvalue weighted by Gasteiger charge is 2.07. The highest BCUT2D eigenvalue weighted by molar-refractivity contribution is 7.71. The Morgan fingerprint density at radius 3 is 3.00 bits per heavy atom. The number of aromatic amines is 1. The number of hydrogen-bond donors (Lipinski definition) is 1. The maximum atomic E-state index is 11.2. The molecule has 0 aliphatic rings. The number of carbonyl (C=O) groups is 1. The summed E-state index contributed by atoms with van der Waals surface area (Å²) in [6.45, 7) is 1.51. The minimum absolute atomic E-state index is 0.00218. The van der Waals surface area contributed by atoms with E-state index in [2.05, 4.69) is 4.98 Å². The zero-order chi connectivity index (χ0) is 9.42. The van der Waals surface area contributed by atoms with Crippen molar-refractivity contribution in [2.75, 3.05) is 0 Å². The molecule has 1 aromatic heterocycles. The molecule has 2 rings (SSSR count). The predicted molar refractivity (Wildman–Crippen MR) is 51.4 cm³/mol. The molecule has 13 heavy (non-hydrogen) atoms. The van der Waals surface area contributed by atoms with E-state index in [-0.39, 0.29) is 5.78 Å². The minimum Gasteiger partial charge on any atom is -0.429 e. The van der Waals surface area contributed by atoms with Gasteiger partial charge >= 0.3 is 0 Å². The summed E-state index contributed by atoms with van der Waals surface area (Å²) in [6, 6.07) is 5.28. The molecule has 0 unspecified atom stereocenters. The van der Waals surface area contributed by atoms with Crippen LogP contribution >= 0.6 is 12.2 Å². The predicted octanol–water partition coefficient (Wildman–Crippen LogP) is 2.69. The number of para-hydroxylation sites is 1. The molecular formula is C9H7NO2S. The number of fused-ring (bicyclic) bond motifs is 1. The molecule has 66 valence electrons. The van der Waals surface area contributed by atoms with Crippen molar-refractivity contribution < 1.29 is 9.21 Å². The van der Waals surface area contributed by atoms with Gasteiger partial charge in [-0.2, -0.15) is 0 Å². The highest BCUT2D eigenvalue weighted by atomic mass is 32.1. The third-order valence-corrected chi connectivity index (χ3v) is 2.02. The highest BCUT2D eigenvalue weighted by Crippen LogP contribution is 2.17. The van der Waals surface area contributed by atoms with Crippen LogP contribution in [0.4, 0.5) is 0 Å². The Bertz CT molecular complexity index is 524. The van der Waals surface area contributed by atoms with Gasteiger partial charge in [-0.05, 0) is 31.3 Å². The average molecular weight is 193 g/mol. The van der Waals surface area contributed by atoms with Crippen LogP contribution in [0.5, 0.6) is 0 Å². The van der Waals surface area contributed by atoms with Crippen LogP contribution < -0.4 is 0 Å². The number of carbonyl (C=O) groups excluding carboxylic acids is 1. The van der Waals surface area contributed by atoms with Crippen LogP contribution in [0.1, 0.15) is 17.3 Å². The first-order valence-corrected chi connectivity index (χ1v) is 4.22. The van der Waals surface area contributed by atoms with Crippen molar-refractivity contribution in [1.29, 1.82) is 0 Å². The van der Waals surface area contributed by atoms with Gasteiger partial charge in [0, 0.05) is 5.56 Å². The lowest BCUT2D eigenvalue weighted by molar-refractivity contribution is 0.101. The van der Waals surface area contributed by atoms with Crippen molar-refractivity contribution in [2.45, 2.75) is 6.92 Å². The summed E-state index contributed by atoms with van der Waals surface area (Å²) in [5, 5.41) is 0. The van der Waals surface area contributed by atoms with E-state index >= 15 is 0 Å². The van der Waals surface area contributed by atoms with E-state index in [1.807, 2.05) is 0 Å². The molecule has 0 saturated carbocycles. The summed E-state index contributed by atoms with van der Waals surface area (Å²) in [6.07, 6.45) is 0. The van der Waals surface area contributed by atoms with Crippen molar-refractivity contribution >= 4 is 29.1 Å². The monoisotopic (exact) mass is 193 g/mol. The Hall–Kier alpha value is -1.42. The number of oxazole rings is 1. The molecule has 1 aromatic carbocycles. The summed E-state index contributed by atoms with van der Waals surface area (Å²) < 4.78 is 5.17. The van der Waals surface area contributed by atoms with Crippen LogP contribution in [0, 0.1) is 4.84 Å². The zero-order valence-electron chi connectivity index (χ0n) is 6.96. The van der Waals surface area contributed by atoms with Gasteiger partial charge < -0.3 is 9.40 Å². The fourth-order valence-corrected chi connectivity index (χ4v) is 1.46. The number of nitrogens with one attached hydrogen (secondary N) is 1. The van der Waals surface area contributed by atoms with Gasteiger partial charge in [0.1, 0.15) is 0 Å². The number of benzene rings is 1. The van der Waals surface area contributed by atoms with Crippen LogP contribution in [0.15, 0.2) is 22.6 Å². The van der Waals surface area contributed by atoms with Crippen LogP contribution in [-0.4, -0.2) is 10.8 Å². The maximum Gasteiger partial charge on any atom is 0.266 e. The molecule has 0 amide bonds. The molecule has 0 spiro atoms.